The molecule has 186 valence electrons. The number of hydrogen-bond donors (Lipinski definition) is 3. The average molecular weight is 497 g/mol. The third-order valence-corrected chi connectivity index (χ3v) is 7.62. The van der Waals surface area contributed by atoms with Crippen molar-refractivity contribution in [3.05, 3.63) is 59.7 Å². The monoisotopic (exact) mass is 496 g/mol. The SMILES string of the molecule is CSCC[C@H](NC(=O)OCC1c2ccccc2-c2ccccc21)C(=O)N[C@H]1CCCC[C@H]1C(=O)O. The fourth-order valence-electron chi connectivity index (χ4n) is 5.17. The van der Waals surface area contributed by atoms with Crippen LogP contribution in [0.2, 0.25) is 0 Å². The van der Waals surface area contributed by atoms with Gasteiger partial charge in [-0.2, -0.15) is 11.8 Å². The number of amides is 2. The molecule has 3 N–H and O–H groups in total. The number of rotatable bonds is 9. The highest BCUT2D eigenvalue weighted by molar-refractivity contribution is 7.98. The van der Waals surface area contributed by atoms with E-state index >= 15 is 0 Å². The maximum atomic E-state index is 13.0. The second-order valence-corrected chi connectivity index (χ2v) is 10.1. The van der Waals surface area contributed by atoms with Gasteiger partial charge in [0, 0.05) is 12.0 Å². The molecule has 2 aromatic carbocycles. The Kier molecular flexibility index (Phi) is 8.33. The Labute approximate surface area is 210 Å². The Morgan fingerprint density at radius 3 is 2.29 bits per heavy atom. The largest absolute Gasteiger partial charge is 0.481 e. The number of hydrogen-bond acceptors (Lipinski definition) is 5. The van der Waals surface area contributed by atoms with E-state index in [0.717, 1.165) is 35.1 Å². The van der Waals surface area contributed by atoms with Gasteiger partial charge in [0.05, 0.1) is 5.92 Å². The summed E-state index contributed by atoms with van der Waals surface area (Å²) in [5.74, 6) is -1.23. The fraction of sp³-hybridized carbons (Fsp3) is 0.444. The Balaban J connectivity index is 1.39. The van der Waals surface area contributed by atoms with E-state index in [2.05, 4.69) is 34.9 Å². The van der Waals surface area contributed by atoms with Gasteiger partial charge < -0.3 is 20.5 Å². The molecule has 2 aliphatic rings. The zero-order chi connectivity index (χ0) is 24.8. The first kappa shape index (κ1) is 25.1. The van der Waals surface area contributed by atoms with Crippen LogP contribution in [0.25, 0.3) is 11.1 Å². The summed E-state index contributed by atoms with van der Waals surface area (Å²) < 4.78 is 5.62. The minimum Gasteiger partial charge on any atom is -0.481 e. The molecule has 0 unspecified atom stereocenters. The van der Waals surface area contributed by atoms with Crippen LogP contribution in [0.4, 0.5) is 4.79 Å². The number of carboxylic acids is 1. The molecule has 0 aromatic heterocycles. The molecular weight excluding hydrogens is 464 g/mol. The predicted molar refractivity (Wildman–Crippen MR) is 137 cm³/mol. The number of carboxylic acid groups (broad SMARTS) is 1. The van der Waals surface area contributed by atoms with Crippen molar-refractivity contribution in [2.24, 2.45) is 5.92 Å². The van der Waals surface area contributed by atoms with Gasteiger partial charge in [-0.25, -0.2) is 4.79 Å². The number of alkyl carbamates (subject to hydrolysis) is 1. The maximum Gasteiger partial charge on any atom is 0.407 e. The van der Waals surface area contributed by atoms with E-state index in [1.807, 2.05) is 30.5 Å². The first-order valence-corrected chi connectivity index (χ1v) is 13.5. The van der Waals surface area contributed by atoms with Crippen molar-refractivity contribution in [1.82, 2.24) is 10.6 Å². The van der Waals surface area contributed by atoms with E-state index in [0.29, 0.717) is 25.0 Å². The van der Waals surface area contributed by atoms with Crippen LogP contribution >= 0.6 is 11.8 Å². The van der Waals surface area contributed by atoms with Crippen molar-refractivity contribution in [2.45, 2.75) is 50.1 Å². The number of carbonyl (C=O) groups excluding carboxylic acids is 2. The molecule has 0 bridgehead atoms. The average Bonchev–Trinajstić information content (AvgIpc) is 3.19. The summed E-state index contributed by atoms with van der Waals surface area (Å²) >= 11 is 1.58. The number of ether oxygens (including phenoxy) is 1. The third-order valence-electron chi connectivity index (χ3n) is 6.97. The normalized spacial score (nSPS) is 19.8. The van der Waals surface area contributed by atoms with Gasteiger partial charge in [0.15, 0.2) is 0 Å². The highest BCUT2D eigenvalue weighted by atomic mass is 32.2. The molecule has 0 saturated heterocycles. The summed E-state index contributed by atoms with van der Waals surface area (Å²) in [5.41, 5.74) is 4.54. The maximum absolute atomic E-state index is 13.0. The topological polar surface area (TPSA) is 105 Å². The molecule has 2 aromatic rings. The number of carbonyl (C=O) groups is 3. The van der Waals surface area contributed by atoms with Gasteiger partial charge in [-0.05, 0) is 53.5 Å². The lowest BCUT2D eigenvalue weighted by Gasteiger charge is -2.30. The molecule has 4 rings (SSSR count). The van der Waals surface area contributed by atoms with Crippen LogP contribution in [0.3, 0.4) is 0 Å². The summed E-state index contributed by atoms with van der Waals surface area (Å²) in [5, 5.41) is 15.1. The van der Waals surface area contributed by atoms with Crippen LogP contribution in [0.1, 0.15) is 49.1 Å². The quantitative estimate of drug-likeness (QED) is 0.475. The Morgan fingerprint density at radius 1 is 1.03 bits per heavy atom. The lowest BCUT2D eigenvalue weighted by Crippen LogP contribution is -2.53. The molecule has 0 aliphatic heterocycles. The standard InChI is InChI=1S/C27H32N2O5S/c1-35-15-14-24(25(30)28-23-13-7-6-12-21(23)26(31)32)29-27(33)34-16-22-19-10-4-2-8-17(19)18-9-3-5-11-20(18)22/h2-5,8-11,21-24H,6-7,12-16H2,1H3,(H,28,30)(H,29,33)(H,31,32)/t21-,23+,24+/m1/s1. The Hall–Kier alpha value is -3.00. The van der Waals surface area contributed by atoms with Gasteiger partial charge >= 0.3 is 12.1 Å². The van der Waals surface area contributed by atoms with Crippen molar-refractivity contribution < 1.29 is 24.2 Å². The van der Waals surface area contributed by atoms with Crippen LogP contribution in [0.5, 0.6) is 0 Å². The minimum atomic E-state index is -0.889. The first-order valence-electron chi connectivity index (χ1n) is 12.1. The summed E-state index contributed by atoms with van der Waals surface area (Å²) in [4.78, 5) is 37.4. The van der Waals surface area contributed by atoms with E-state index < -0.39 is 30.1 Å². The van der Waals surface area contributed by atoms with E-state index in [9.17, 15) is 19.5 Å². The number of thioether (sulfide) groups is 1. The Bertz CT molecular complexity index is 1030. The van der Waals surface area contributed by atoms with Crippen LogP contribution < -0.4 is 10.6 Å². The van der Waals surface area contributed by atoms with Crippen LogP contribution in [0, 0.1) is 5.92 Å². The fourth-order valence-corrected chi connectivity index (χ4v) is 5.64. The van der Waals surface area contributed by atoms with Crippen molar-refractivity contribution in [2.75, 3.05) is 18.6 Å². The van der Waals surface area contributed by atoms with Crippen LogP contribution in [-0.4, -0.2) is 53.8 Å². The lowest BCUT2D eigenvalue weighted by molar-refractivity contribution is -0.144. The lowest BCUT2D eigenvalue weighted by atomic mass is 9.84. The van der Waals surface area contributed by atoms with Crippen molar-refractivity contribution >= 4 is 29.7 Å². The molecule has 1 fully saturated rings. The molecule has 7 nitrogen and oxygen atoms in total. The molecule has 2 amide bonds. The first-order chi connectivity index (χ1) is 17.0. The summed E-state index contributed by atoms with van der Waals surface area (Å²) in [6, 6.07) is 15.0. The zero-order valence-electron chi connectivity index (χ0n) is 19.9. The summed E-state index contributed by atoms with van der Waals surface area (Å²) in [6.07, 6.45) is 4.62. The smallest absolute Gasteiger partial charge is 0.407 e. The molecule has 3 atom stereocenters. The van der Waals surface area contributed by atoms with Gasteiger partial charge in [0.25, 0.3) is 0 Å². The molecule has 1 saturated carbocycles. The van der Waals surface area contributed by atoms with Gasteiger partial charge in [0.1, 0.15) is 12.6 Å². The van der Waals surface area contributed by atoms with E-state index in [-0.39, 0.29) is 18.4 Å². The van der Waals surface area contributed by atoms with Crippen molar-refractivity contribution in [3.8, 4) is 11.1 Å². The van der Waals surface area contributed by atoms with Gasteiger partial charge in [-0.3, -0.25) is 9.59 Å². The number of aliphatic carboxylic acids is 1. The Morgan fingerprint density at radius 2 is 1.66 bits per heavy atom. The predicted octanol–water partition coefficient (Wildman–Crippen LogP) is 4.41. The molecule has 8 heteroatoms. The number of benzene rings is 2. The molecule has 0 heterocycles. The molecule has 2 aliphatic carbocycles. The summed E-state index contributed by atoms with van der Waals surface area (Å²) in [7, 11) is 0. The van der Waals surface area contributed by atoms with E-state index in [4.69, 9.17) is 4.74 Å². The van der Waals surface area contributed by atoms with Crippen LogP contribution in [-0.2, 0) is 14.3 Å². The van der Waals surface area contributed by atoms with Gasteiger partial charge in [0.2, 0.25) is 5.91 Å². The molecule has 0 radical (unpaired) electrons. The number of fused-ring (bicyclic) bond motifs is 3. The van der Waals surface area contributed by atoms with Crippen molar-refractivity contribution in [1.29, 1.82) is 0 Å². The van der Waals surface area contributed by atoms with Crippen LogP contribution in [0.15, 0.2) is 48.5 Å². The van der Waals surface area contributed by atoms with Crippen molar-refractivity contribution in [3.63, 3.8) is 0 Å². The highest BCUT2D eigenvalue weighted by Gasteiger charge is 2.34. The molecular formula is C27H32N2O5S. The van der Waals surface area contributed by atoms with E-state index in [1.165, 1.54) is 0 Å². The number of nitrogens with one attached hydrogen (secondary N) is 2. The van der Waals surface area contributed by atoms with Gasteiger partial charge in [-0.1, -0.05) is 61.4 Å². The second-order valence-electron chi connectivity index (χ2n) is 9.15. The second kappa shape index (κ2) is 11.6. The van der Waals surface area contributed by atoms with E-state index in [1.54, 1.807) is 11.8 Å². The summed E-state index contributed by atoms with van der Waals surface area (Å²) in [6.45, 7) is 0.167. The van der Waals surface area contributed by atoms with Gasteiger partial charge in [-0.15, -0.1) is 0 Å². The zero-order valence-corrected chi connectivity index (χ0v) is 20.7. The molecule has 35 heavy (non-hydrogen) atoms. The molecule has 0 spiro atoms. The third kappa shape index (κ3) is 5.81. The highest BCUT2D eigenvalue weighted by Crippen LogP contribution is 2.44. The minimum absolute atomic E-state index is 0.0646.